The number of nitrogens with zero attached hydrogens (tertiary/aromatic N) is 5. The molecular formula is C64H63N7O11S2. The zero-order valence-corrected chi connectivity index (χ0v) is 48.7. The van der Waals surface area contributed by atoms with E-state index in [1.165, 1.54) is 18.1 Å². The van der Waals surface area contributed by atoms with E-state index in [0.717, 1.165) is 38.4 Å². The third-order valence-corrected chi connectivity index (χ3v) is 16.2. The number of nitrogen functional groups attached to an aromatic ring is 1. The fourth-order valence-corrected chi connectivity index (χ4v) is 10.9. The molecule has 1 aliphatic rings. The number of fused-ring (bicyclic) bond motifs is 2. The number of ether oxygens (including phenoxy) is 4. The van der Waals surface area contributed by atoms with Crippen molar-refractivity contribution < 1.29 is 51.1 Å². The Balaban J connectivity index is 0.924. The first kappa shape index (κ1) is 59.6. The van der Waals surface area contributed by atoms with Crippen LogP contribution in [0.4, 0.5) is 34.1 Å². The molecular weight excluding hydrogens is 1110 g/mol. The summed E-state index contributed by atoms with van der Waals surface area (Å²) >= 11 is 4.61. The van der Waals surface area contributed by atoms with E-state index < -0.39 is 62.7 Å². The maximum Gasteiger partial charge on any atom is 0.329 e. The lowest BCUT2D eigenvalue weighted by molar-refractivity contribution is -0.164. The molecule has 0 aromatic heterocycles. The Labute approximate surface area is 492 Å². The van der Waals surface area contributed by atoms with Gasteiger partial charge >= 0.3 is 5.97 Å². The Morgan fingerprint density at radius 3 is 2.01 bits per heavy atom. The monoisotopic (exact) mass is 1170 g/mol. The van der Waals surface area contributed by atoms with Gasteiger partial charge in [-0.15, -0.1) is 22.9 Å². The number of carbonyl (C=O) groups is 4. The fourth-order valence-electron chi connectivity index (χ4n) is 9.84. The van der Waals surface area contributed by atoms with Gasteiger partial charge in [-0.05, 0) is 127 Å². The third-order valence-electron chi connectivity index (χ3n) is 14.9. The zero-order valence-electron chi connectivity index (χ0n) is 46.9. The first-order valence-electron chi connectivity index (χ1n) is 27.2. The minimum absolute atomic E-state index is 0.0719. The lowest BCUT2D eigenvalue weighted by Crippen LogP contribution is -2.53. The molecule has 0 aliphatic carbocycles. The summed E-state index contributed by atoms with van der Waals surface area (Å²) < 4.78 is 59.4. The molecule has 2 amide bonds. The van der Waals surface area contributed by atoms with E-state index in [2.05, 4.69) is 38.4 Å². The summed E-state index contributed by atoms with van der Waals surface area (Å²) in [6.07, 6.45) is 1.90. The molecule has 0 spiro atoms. The maximum absolute atomic E-state index is 14.3. The Morgan fingerprint density at radius 2 is 1.37 bits per heavy atom. The standard InChI is InChI=1S/C64H63N7O11S2/c1-6-64(2,3)61(73)62(74)71-33-12-11-20-52(71)63(75)82-53(31-21-39-22-32-54(79-4)55(34-39)80-5)42-14-13-15-45(35-42)81-38-58(72)66-60-49-19-10-8-17-47(49)57(84(76,77)78)37-51(60)70-68-44-29-25-41(26-30-44)40-23-27-43(28-24-40)67-69-50-36-56(83)46-16-7-9-18-48(46)59(50)65/h7-10,13-19,22-30,32,34-37,52-53,83H,6,11-12,20-21,31,33,38,65H2,1-5H3,(H,66,72)(H,76,77,78)/b69-67+,70-68+. The number of nitrogens with two attached hydrogens (primary N) is 1. The van der Waals surface area contributed by atoms with E-state index in [0.29, 0.717) is 71.9 Å². The molecule has 2 atom stereocenters. The normalized spacial score (nSPS) is 14.2. The number of anilines is 2. The molecule has 8 aromatic rings. The number of amides is 2. The van der Waals surface area contributed by atoms with Crippen LogP contribution >= 0.6 is 12.6 Å². The molecule has 1 aliphatic heterocycles. The number of thiol groups is 1. The first-order chi connectivity index (χ1) is 40.3. The van der Waals surface area contributed by atoms with Crippen LogP contribution in [0.15, 0.2) is 182 Å². The lowest BCUT2D eigenvalue weighted by atomic mass is 9.84. The maximum atomic E-state index is 14.3. The van der Waals surface area contributed by atoms with Crippen LogP contribution in [-0.4, -0.2) is 74.9 Å². The molecule has 432 valence electrons. The number of benzene rings is 8. The topological polar surface area (TPSA) is 250 Å². The summed E-state index contributed by atoms with van der Waals surface area (Å²) in [5.41, 5.74) is 10.7. The van der Waals surface area contributed by atoms with Gasteiger partial charge in [0.1, 0.15) is 34.2 Å². The summed E-state index contributed by atoms with van der Waals surface area (Å²) in [5.74, 6) is -1.25. The van der Waals surface area contributed by atoms with Crippen LogP contribution < -0.4 is 25.3 Å². The molecule has 8 aromatic carbocycles. The first-order valence-corrected chi connectivity index (χ1v) is 29.1. The third kappa shape index (κ3) is 13.7. The number of ketones is 1. The Bertz CT molecular complexity index is 3970. The highest BCUT2D eigenvalue weighted by molar-refractivity contribution is 7.86. The van der Waals surface area contributed by atoms with Gasteiger partial charge < -0.3 is 34.9 Å². The molecule has 4 N–H and O–H groups in total. The van der Waals surface area contributed by atoms with Crippen molar-refractivity contribution in [2.75, 3.05) is 38.4 Å². The number of Topliss-reactive ketones (excluding diaryl/α,β-unsaturated/α-hetero) is 1. The fraction of sp³-hybridized carbons (Fsp3) is 0.250. The van der Waals surface area contributed by atoms with Crippen LogP contribution in [0.1, 0.15) is 70.1 Å². The highest BCUT2D eigenvalue weighted by Crippen LogP contribution is 2.41. The van der Waals surface area contributed by atoms with Crippen molar-refractivity contribution in [3.05, 3.63) is 163 Å². The number of esters is 1. The van der Waals surface area contributed by atoms with Gasteiger partial charge in [0.15, 0.2) is 18.1 Å². The summed E-state index contributed by atoms with van der Waals surface area (Å²) in [6, 6.07) is 42.8. The molecule has 9 rings (SSSR count). The van der Waals surface area contributed by atoms with Gasteiger partial charge in [-0.25, -0.2) is 4.79 Å². The number of piperidine rings is 1. The van der Waals surface area contributed by atoms with Crippen molar-refractivity contribution >= 4 is 102 Å². The number of aryl methyl sites for hydroxylation is 1. The smallest absolute Gasteiger partial charge is 0.329 e. The van der Waals surface area contributed by atoms with Gasteiger partial charge in [0.25, 0.3) is 21.9 Å². The minimum Gasteiger partial charge on any atom is -0.493 e. The second-order valence-electron chi connectivity index (χ2n) is 20.8. The van der Waals surface area contributed by atoms with Crippen molar-refractivity contribution in [2.45, 2.75) is 81.2 Å². The number of azo groups is 2. The van der Waals surface area contributed by atoms with Crippen LogP contribution in [0.25, 0.3) is 32.7 Å². The molecule has 2 unspecified atom stereocenters. The SMILES string of the molecule is CCC(C)(C)C(=O)C(=O)N1CCCCC1C(=O)OC(CCc1ccc(OC)c(OC)c1)c1cccc(OCC(=O)Nc2c(/N=N/c3ccc(-c4ccc(/N=N/c5cc(S)c6ccccc6c5N)cc4)cc3)cc(S(=O)(=O)O)c3ccccc23)c1. The van der Waals surface area contributed by atoms with Crippen molar-refractivity contribution in [3.63, 3.8) is 0 Å². The zero-order chi connectivity index (χ0) is 59.7. The number of rotatable bonds is 21. The Kier molecular flexibility index (Phi) is 18.5. The van der Waals surface area contributed by atoms with E-state index in [9.17, 15) is 32.1 Å². The van der Waals surface area contributed by atoms with Crippen LogP contribution in [0.3, 0.4) is 0 Å². The predicted octanol–water partition coefficient (Wildman–Crippen LogP) is 14.2. The summed E-state index contributed by atoms with van der Waals surface area (Å²) in [7, 11) is -1.71. The largest absolute Gasteiger partial charge is 0.493 e. The van der Waals surface area contributed by atoms with Gasteiger partial charge in [0.2, 0.25) is 5.78 Å². The van der Waals surface area contributed by atoms with Gasteiger partial charge in [-0.3, -0.25) is 18.9 Å². The van der Waals surface area contributed by atoms with Crippen molar-refractivity contribution in [3.8, 4) is 28.4 Å². The van der Waals surface area contributed by atoms with Crippen LogP contribution in [0.2, 0.25) is 0 Å². The van der Waals surface area contributed by atoms with E-state index in [1.807, 2.05) is 79.7 Å². The molecule has 1 saturated heterocycles. The number of likely N-dealkylation sites (tertiary alicyclic amines) is 1. The molecule has 0 bridgehead atoms. The highest BCUT2D eigenvalue weighted by atomic mass is 32.2. The minimum atomic E-state index is -4.80. The summed E-state index contributed by atoms with van der Waals surface area (Å²) in [5, 5.41) is 22.6. The van der Waals surface area contributed by atoms with Crippen molar-refractivity contribution in [1.29, 1.82) is 0 Å². The number of methoxy groups -OCH3 is 2. The molecule has 84 heavy (non-hydrogen) atoms. The number of hydrogen-bond acceptors (Lipinski definition) is 16. The predicted molar refractivity (Wildman–Crippen MR) is 325 cm³/mol. The number of carbonyl (C=O) groups excluding carboxylic acids is 4. The average Bonchev–Trinajstić information content (AvgIpc) is 2.77. The lowest BCUT2D eigenvalue weighted by Gasteiger charge is -2.36. The summed E-state index contributed by atoms with van der Waals surface area (Å²) in [6.45, 7) is 4.97. The van der Waals surface area contributed by atoms with E-state index in [1.54, 1.807) is 87.7 Å². The van der Waals surface area contributed by atoms with E-state index >= 15 is 0 Å². The molecule has 18 nitrogen and oxygen atoms in total. The average molecular weight is 1170 g/mol. The molecule has 0 saturated carbocycles. The van der Waals surface area contributed by atoms with Crippen LogP contribution in [0, 0.1) is 5.41 Å². The van der Waals surface area contributed by atoms with Crippen LogP contribution in [-0.2, 0) is 40.5 Å². The van der Waals surface area contributed by atoms with Crippen molar-refractivity contribution in [2.24, 2.45) is 25.9 Å². The second kappa shape index (κ2) is 26.1. The van der Waals surface area contributed by atoms with E-state index in [-0.39, 0.29) is 40.9 Å². The molecule has 1 heterocycles. The molecule has 1 fully saturated rings. The number of nitrogens with one attached hydrogen (secondary N) is 1. The van der Waals surface area contributed by atoms with Crippen molar-refractivity contribution in [1.82, 2.24) is 4.90 Å². The number of hydrogen-bond donors (Lipinski definition) is 4. The Hall–Kier alpha value is -8.98. The van der Waals surface area contributed by atoms with Gasteiger partial charge in [0.05, 0.1) is 37.0 Å². The molecule has 20 heteroatoms. The molecule has 0 radical (unpaired) electrons. The second-order valence-corrected chi connectivity index (χ2v) is 22.7. The highest BCUT2D eigenvalue weighted by Gasteiger charge is 2.41. The van der Waals surface area contributed by atoms with Gasteiger partial charge in [-0.1, -0.05) is 112 Å². The van der Waals surface area contributed by atoms with Gasteiger partial charge in [-0.2, -0.15) is 18.6 Å². The summed E-state index contributed by atoms with van der Waals surface area (Å²) in [4.78, 5) is 57.0. The Morgan fingerprint density at radius 1 is 0.738 bits per heavy atom. The quantitative estimate of drug-likeness (QED) is 0.0131. The van der Waals surface area contributed by atoms with Gasteiger partial charge in [0, 0.05) is 33.0 Å². The van der Waals surface area contributed by atoms with Crippen LogP contribution in [0.5, 0.6) is 17.2 Å². The van der Waals surface area contributed by atoms with E-state index in [4.69, 9.17) is 24.7 Å².